The van der Waals surface area contributed by atoms with E-state index in [1.807, 2.05) is 4.90 Å². The molecule has 0 aromatic carbocycles. The third-order valence-corrected chi connectivity index (χ3v) is 3.59. The second kappa shape index (κ2) is 10.7. The van der Waals surface area contributed by atoms with Gasteiger partial charge in [-0.2, -0.15) is 0 Å². The number of carbonyl (C=O) groups excluding carboxylic acids is 2. The molecule has 134 valence electrons. The Bertz CT molecular complexity index is 499. The fourth-order valence-electron chi connectivity index (χ4n) is 2.58. The first-order chi connectivity index (χ1) is 11.5. The Kier molecular flexibility index (Phi) is 8.97. The monoisotopic (exact) mass is 334 g/mol. The zero-order valence-corrected chi connectivity index (χ0v) is 15.4. The van der Waals surface area contributed by atoms with E-state index < -0.39 is 0 Å². The van der Waals surface area contributed by atoms with Crippen LogP contribution in [0.2, 0.25) is 0 Å². The smallest absolute Gasteiger partial charge is 0.274 e. The van der Waals surface area contributed by atoms with Crippen molar-refractivity contribution in [3.8, 4) is 0 Å². The van der Waals surface area contributed by atoms with Crippen LogP contribution >= 0.6 is 0 Å². The maximum Gasteiger partial charge on any atom is 0.274 e. The SMILES string of the molecule is CCCN(CCC)C(=O)CCN(CC(C)C)C(=O)c1cnccn1. The first-order valence-corrected chi connectivity index (χ1v) is 8.82. The maximum atomic E-state index is 12.6. The minimum Gasteiger partial charge on any atom is -0.343 e. The van der Waals surface area contributed by atoms with Crippen LogP contribution < -0.4 is 0 Å². The van der Waals surface area contributed by atoms with Crippen molar-refractivity contribution in [2.45, 2.75) is 47.0 Å². The molecule has 0 spiro atoms. The summed E-state index contributed by atoms with van der Waals surface area (Å²) in [6.07, 6.45) is 6.76. The summed E-state index contributed by atoms with van der Waals surface area (Å²) < 4.78 is 0. The van der Waals surface area contributed by atoms with E-state index in [0.29, 0.717) is 31.1 Å². The van der Waals surface area contributed by atoms with E-state index in [2.05, 4.69) is 37.7 Å². The van der Waals surface area contributed by atoms with Crippen molar-refractivity contribution in [3.63, 3.8) is 0 Å². The first kappa shape index (κ1) is 20.1. The third-order valence-electron chi connectivity index (χ3n) is 3.59. The average molecular weight is 334 g/mol. The Morgan fingerprint density at radius 2 is 1.71 bits per heavy atom. The Labute approximate surface area is 145 Å². The lowest BCUT2D eigenvalue weighted by molar-refractivity contribution is -0.131. The van der Waals surface area contributed by atoms with Crippen LogP contribution in [0, 0.1) is 5.92 Å². The van der Waals surface area contributed by atoms with E-state index in [1.54, 1.807) is 11.1 Å². The van der Waals surface area contributed by atoms with Crippen molar-refractivity contribution in [1.82, 2.24) is 19.8 Å². The quantitative estimate of drug-likeness (QED) is 0.660. The predicted octanol–water partition coefficient (Wildman–Crippen LogP) is 2.61. The van der Waals surface area contributed by atoms with Crippen LogP contribution in [0.3, 0.4) is 0 Å². The van der Waals surface area contributed by atoms with Crippen molar-refractivity contribution >= 4 is 11.8 Å². The summed E-state index contributed by atoms with van der Waals surface area (Å²) in [6, 6.07) is 0. The molecule has 0 atom stereocenters. The van der Waals surface area contributed by atoms with Crippen LogP contribution in [0.1, 0.15) is 57.4 Å². The van der Waals surface area contributed by atoms with E-state index in [1.165, 1.54) is 12.4 Å². The van der Waals surface area contributed by atoms with Crippen molar-refractivity contribution in [3.05, 3.63) is 24.3 Å². The average Bonchev–Trinajstić information content (AvgIpc) is 2.58. The molecular weight excluding hydrogens is 304 g/mol. The van der Waals surface area contributed by atoms with Gasteiger partial charge in [0, 0.05) is 45.0 Å². The minimum atomic E-state index is -0.165. The molecule has 0 saturated carbocycles. The molecule has 0 saturated heterocycles. The number of carbonyl (C=O) groups is 2. The van der Waals surface area contributed by atoms with Gasteiger partial charge in [-0.1, -0.05) is 27.7 Å². The van der Waals surface area contributed by atoms with Gasteiger partial charge < -0.3 is 9.80 Å². The van der Waals surface area contributed by atoms with Crippen LogP contribution in [0.25, 0.3) is 0 Å². The maximum absolute atomic E-state index is 12.6. The van der Waals surface area contributed by atoms with Gasteiger partial charge in [0.1, 0.15) is 5.69 Å². The molecule has 0 fully saturated rings. The second-order valence-corrected chi connectivity index (χ2v) is 6.37. The summed E-state index contributed by atoms with van der Waals surface area (Å²) in [4.78, 5) is 36.7. The molecular formula is C18H30N4O2. The third kappa shape index (κ3) is 6.64. The second-order valence-electron chi connectivity index (χ2n) is 6.37. The number of rotatable bonds is 10. The van der Waals surface area contributed by atoms with E-state index in [4.69, 9.17) is 0 Å². The summed E-state index contributed by atoms with van der Waals surface area (Å²) in [6.45, 7) is 10.8. The molecule has 1 heterocycles. The predicted molar refractivity (Wildman–Crippen MR) is 94.6 cm³/mol. The van der Waals surface area contributed by atoms with Crippen LogP contribution in [-0.4, -0.2) is 57.8 Å². The van der Waals surface area contributed by atoms with Crippen LogP contribution in [0.15, 0.2) is 18.6 Å². The molecule has 0 radical (unpaired) electrons. The van der Waals surface area contributed by atoms with E-state index in [9.17, 15) is 9.59 Å². The highest BCUT2D eigenvalue weighted by atomic mass is 16.2. The van der Waals surface area contributed by atoms with Crippen molar-refractivity contribution in [2.75, 3.05) is 26.2 Å². The molecule has 0 N–H and O–H groups in total. The Balaban J connectivity index is 2.72. The summed E-state index contributed by atoms with van der Waals surface area (Å²) in [5.41, 5.74) is 0.324. The van der Waals surface area contributed by atoms with Crippen LogP contribution in [0.4, 0.5) is 0 Å². The van der Waals surface area contributed by atoms with E-state index >= 15 is 0 Å². The molecule has 0 unspecified atom stereocenters. The van der Waals surface area contributed by atoms with Gasteiger partial charge in [0.05, 0.1) is 6.20 Å². The highest BCUT2D eigenvalue weighted by Gasteiger charge is 2.20. The number of hydrogen-bond donors (Lipinski definition) is 0. The zero-order chi connectivity index (χ0) is 17.9. The summed E-state index contributed by atoms with van der Waals surface area (Å²) in [5.74, 6) is 0.268. The van der Waals surface area contributed by atoms with Crippen molar-refractivity contribution < 1.29 is 9.59 Å². The van der Waals surface area contributed by atoms with Gasteiger partial charge in [-0.25, -0.2) is 4.98 Å². The normalized spacial score (nSPS) is 10.7. The Morgan fingerprint density at radius 1 is 1.04 bits per heavy atom. The first-order valence-electron chi connectivity index (χ1n) is 8.82. The topological polar surface area (TPSA) is 66.4 Å². The minimum absolute atomic E-state index is 0.111. The van der Waals surface area contributed by atoms with Gasteiger partial charge >= 0.3 is 0 Å². The van der Waals surface area contributed by atoms with Crippen molar-refractivity contribution in [1.29, 1.82) is 0 Å². The van der Waals surface area contributed by atoms with Crippen LogP contribution in [0.5, 0.6) is 0 Å². The number of amides is 2. The van der Waals surface area contributed by atoms with Gasteiger partial charge in [-0.15, -0.1) is 0 Å². The molecule has 1 aromatic rings. The molecule has 0 aliphatic carbocycles. The Hall–Kier alpha value is -1.98. The molecule has 24 heavy (non-hydrogen) atoms. The highest BCUT2D eigenvalue weighted by molar-refractivity contribution is 5.92. The molecule has 0 bridgehead atoms. The molecule has 1 rings (SSSR count). The molecule has 6 nitrogen and oxygen atoms in total. The summed E-state index contributed by atoms with van der Waals surface area (Å²) in [5, 5.41) is 0. The lowest BCUT2D eigenvalue weighted by Gasteiger charge is -2.26. The molecule has 6 heteroatoms. The lowest BCUT2D eigenvalue weighted by Crippen LogP contribution is -2.39. The molecule has 0 aliphatic rings. The Morgan fingerprint density at radius 3 is 2.21 bits per heavy atom. The van der Waals surface area contributed by atoms with Gasteiger partial charge in [0.2, 0.25) is 5.91 Å². The summed E-state index contributed by atoms with van der Waals surface area (Å²) in [7, 11) is 0. The van der Waals surface area contributed by atoms with E-state index in [0.717, 1.165) is 25.9 Å². The van der Waals surface area contributed by atoms with Crippen LogP contribution in [-0.2, 0) is 4.79 Å². The van der Waals surface area contributed by atoms with E-state index in [-0.39, 0.29) is 11.8 Å². The lowest BCUT2D eigenvalue weighted by atomic mass is 10.2. The van der Waals surface area contributed by atoms with Gasteiger partial charge in [-0.3, -0.25) is 14.6 Å². The molecule has 1 aromatic heterocycles. The zero-order valence-electron chi connectivity index (χ0n) is 15.4. The van der Waals surface area contributed by atoms with Crippen molar-refractivity contribution in [2.24, 2.45) is 5.92 Å². The standard InChI is InChI=1S/C18H30N4O2/c1-5-10-21(11-6-2)17(23)7-12-22(14-15(3)4)18(24)16-13-19-8-9-20-16/h8-9,13,15H,5-7,10-12,14H2,1-4H3. The van der Waals surface area contributed by atoms with Gasteiger partial charge in [0.15, 0.2) is 0 Å². The number of nitrogens with zero attached hydrogens (tertiary/aromatic N) is 4. The summed E-state index contributed by atoms with van der Waals surface area (Å²) >= 11 is 0. The molecule has 2 amide bonds. The molecule has 0 aliphatic heterocycles. The number of hydrogen-bond acceptors (Lipinski definition) is 4. The fraction of sp³-hybridized carbons (Fsp3) is 0.667. The fourth-order valence-corrected chi connectivity index (χ4v) is 2.58. The highest BCUT2D eigenvalue weighted by Crippen LogP contribution is 2.07. The van der Waals surface area contributed by atoms with Gasteiger partial charge in [-0.05, 0) is 18.8 Å². The number of aromatic nitrogens is 2. The van der Waals surface area contributed by atoms with Gasteiger partial charge in [0.25, 0.3) is 5.91 Å². The largest absolute Gasteiger partial charge is 0.343 e.